The smallest absolute Gasteiger partial charge is 0.255 e. The molecule has 0 aromatic heterocycles. The fourth-order valence-corrected chi connectivity index (χ4v) is 2.49. The number of hydrogen-bond acceptors (Lipinski definition) is 4. The largest absolute Gasteiger partial charge is 0.496 e. The molecule has 24 heavy (non-hydrogen) atoms. The van der Waals surface area contributed by atoms with E-state index < -0.39 is 0 Å². The summed E-state index contributed by atoms with van der Waals surface area (Å²) in [5.74, 6) is 0.0560. The summed E-state index contributed by atoms with van der Waals surface area (Å²) in [7, 11) is 1.47. The van der Waals surface area contributed by atoms with Gasteiger partial charge in [0.25, 0.3) is 5.91 Å². The Labute approximate surface area is 149 Å². The zero-order chi connectivity index (χ0) is 18.5. The second-order valence-electron chi connectivity index (χ2n) is 7.09. The molecule has 6 heteroatoms. The van der Waals surface area contributed by atoms with Gasteiger partial charge in [-0.15, -0.1) is 0 Å². The lowest BCUT2D eigenvalue weighted by atomic mass is 9.86. The topological polar surface area (TPSA) is 74.1 Å². The van der Waals surface area contributed by atoms with E-state index in [2.05, 4.69) is 45.3 Å². The maximum absolute atomic E-state index is 12.5. The van der Waals surface area contributed by atoms with Crippen molar-refractivity contribution in [2.45, 2.75) is 46.7 Å². The Morgan fingerprint density at radius 2 is 2.00 bits per heavy atom. The van der Waals surface area contributed by atoms with E-state index in [9.17, 15) is 4.79 Å². The molecule has 2 N–H and O–H groups in total. The average molecular weight is 352 g/mol. The van der Waals surface area contributed by atoms with E-state index in [1.807, 2.05) is 6.07 Å². The Morgan fingerprint density at radius 3 is 2.46 bits per heavy atom. The van der Waals surface area contributed by atoms with Crippen LogP contribution in [0.5, 0.6) is 5.75 Å². The summed E-state index contributed by atoms with van der Waals surface area (Å²) in [6.45, 7) is 11.0. The van der Waals surface area contributed by atoms with Crippen LogP contribution in [0.25, 0.3) is 0 Å². The number of carbonyl (C=O) groups excluding carboxylic acids is 1. The lowest BCUT2D eigenvalue weighted by molar-refractivity contribution is 0.0936. The molecular formula is C18H26ClN3O2. The minimum atomic E-state index is -0.292. The van der Waals surface area contributed by atoms with Crippen molar-refractivity contribution in [3.8, 4) is 11.8 Å². The first-order chi connectivity index (χ1) is 11.1. The highest BCUT2D eigenvalue weighted by Gasteiger charge is 2.26. The Morgan fingerprint density at radius 1 is 1.38 bits per heavy atom. The van der Waals surface area contributed by atoms with Crippen LogP contribution in [-0.2, 0) is 0 Å². The molecule has 5 nitrogen and oxygen atoms in total. The van der Waals surface area contributed by atoms with Gasteiger partial charge in [0, 0.05) is 24.7 Å². The molecule has 0 spiro atoms. The van der Waals surface area contributed by atoms with E-state index in [1.54, 1.807) is 0 Å². The van der Waals surface area contributed by atoms with Crippen molar-refractivity contribution in [2.24, 2.45) is 5.41 Å². The lowest BCUT2D eigenvalue weighted by Crippen LogP contribution is -2.50. The molecule has 0 heterocycles. The minimum Gasteiger partial charge on any atom is -0.496 e. The first-order valence-electron chi connectivity index (χ1n) is 7.92. The van der Waals surface area contributed by atoms with Crippen molar-refractivity contribution >= 4 is 17.5 Å². The molecule has 0 aliphatic carbocycles. The van der Waals surface area contributed by atoms with Crippen molar-refractivity contribution in [1.82, 2.24) is 10.6 Å². The summed E-state index contributed by atoms with van der Waals surface area (Å²) in [6.07, 6.45) is 0. The SMILES string of the molecule is COc1cc(Cl)c(C#N)cc1C(=O)NCC(NC(C)C)C(C)(C)C. The first-order valence-corrected chi connectivity index (χ1v) is 8.29. The Hall–Kier alpha value is -1.77. The molecule has 0 saturated heterocycles. The Balaban J connectivity index is 2.97. The predicted molar refractivity (Wildman–Crippen MR) is 96.6 cm³/mol. The normalized spacial score (nSPS) is 12.6. The third-order valence-electron chi connectivity index (χ3n) is 3.70. The van der Waals surface area contributed by atoms with Crippen molar-refractivity contribution in [2.75, 3.05) is 13.7 Å². The highest BCUT2D eigenvalue weighted by atomic mass is 35.5. The second-order valence-corrected chi connectivity index (χ2v) is 7.50. The van der Waals surface area contributed by atoms with Crippen LogP contribution < -0.4 is 15.4 Å². The third-order valence-corrected chi connectivity index (χ3v) is 4.01. The summed E-state index contributed by atoms with van der Waals surface area (Å²) in [5, 5.41) is 15.7. The number of halogens is 1. The Bertz CT molecular complexity index is 630. The molecule has 1 unspecified atom stereocenters. The van der Waals surface area contributed by atoms with E-state index in [0.29, 0.717) is 23.9 Å². The van der Waals surface area contributed by atoms with Gasteiger partial charge in [-0.05, 0) is 11.5 Å². The van der Waals surface area contributed by atoms with E-state index in [4.69, 9.17) is 21.6 Å². The maximum atomic E-state index is 12.5. The van der Waals surface area contributed by atoms with Crippen LogP contribution in [0.15, 0.2) is 12.1 Å². The molecule has 1 atom stereocenters. The van der Waals surface area contributed by atoms with Crippen LogP contribution in [0.4, 0.5) is 0 Å². The molecule has 0 saturated carbocycles. The number of amides is 1. The standard InChI is InChI=1S/C18H26ClN3O2/c1-11(2)22-16(18(3,4)5)10-21-17(23)13-7-12(9-20)14(19)8-15(13)24-6/h7-8,11,16,22H,10H2,1-6H3,(H,21,23). The molecule has 0 radical (unpaired) electrons. The van der Waals surface area contributed by atoms with Gasteiger partial charge in [0.2, 0.25) is 0 Å². The number of hydrogen-bond donors (Lipinski definition) is 2. The zero-order valence-corrected chi connectivity index (χ0v) is 15.9. The number of nitrogens with zero attached hydrogens (tertiary/aromatic N) is 1. The van der Waals surface area contributed by atoms with Gasteiger partial charge in [0.15, 0.2) is 0 Å². The van der Waals surface area contributed by atoms with Crippen molar-refractivity contribution in [3.63, 3.8) is 0 Å². The first kappa shape index (κ1) is 20.3. The van der Waals surface area contributed by atoms with Crippen LogP contribution in [0.2, 0.25) is 5.02 Å². The third kappa shape index (κ3) is 5.40. The molecule has 132 valence electrons. The minimum absolute atomic E-state index is 0.0144. The molecule has 0 aliphatic rings. The summed E-state index contributed by atoms with van der Waals surface area (Å²) in [6, 6.07) is 5.34. The fourth-order valence-electron chi connectivity index (χ4n) is 2.29. The van der Waals surface area contributed by atoms with Gasteiger partial charge in [0.05, 0.1) is 23.3 Å². The number of methoxy groups -OCH3 is 1. The predicted octanol–water partition coefficient (Wildman–Crippen LogP) is 3.36. The van der Waals surface area contributed by atoms with Gasteiger partial charge in [-0.1, -0.05) is 46.2 Å². The van der Waals surface area contributed by atoms with Gasteiger partial charge in [-0.25, -0.2) is 0 Å². The second kappa shape index (κ2) is 8.36. The molecule has 0 fully saturated rings. The van der Waals surface area contributed by atoms with Gasteiger partial charge < -0.3 is 15.4 Å². The summed E-state index contributed by atoms with van der Waals surface area (Å²) in [4.78, 5) is 12.5. The van der Waals surface area contributed by atoms with E-state index in [1.165, 1.54) is 19.2 Å². The summed E-state index contributed by atoms with van der Waals surface area (Å²) < 4.78 is 5.22. The summed E-state index contributed by atoms with van der Waals surface area (Å²) in [5.41, 5.74) is 0.533. The van der Waals surface area contributed by atoms with Gasteiger partial charge >= 0.3 is 0 Å². The maximum Gasteiger partial charge on any atom is 0.255 e. The van der Waals surface area contributed by atoms with Gasteiger partial charge in [-0.3, -0.25) is 4.79 Å². The van der Waals surface area contributed by atoms with E-state index in [0.717, 1.165) is 0 Å². The molecule has 1 rings (SSSR count). The number of benzene rings is 1. The highest BCUT2D eigenvalue weighted by molar-refractivity contribution is 6.32. The van der Waals surface area contributed by atoms with Crippen LogP contribution >= 0.6 is 11.6 Å². The molecular weight excluding hydrogens is 326 g/mol. The lowest BCUT2D eigenvalue weighted by Gasteiger charge is -2.33. The van der Waals surface area contributed by atoms with Crippen LogP contribution in [0.1, 0.15) is 50.5 Å². The van der Waals surface area contributed by atoms with Crippen LogP contribution in [-0.4, -0.2) is 31.6 Å². The van der Waals surface area contributed by atoms with Crippen molar-refractivity contribution in [3.05, 3.63) is 28.3 Å². The van der Waals surface area contributed by atoms with Crippen molar-refractivity contribution < 1.29 is 9.53 Å². The molecule has 0 bridgehead atoms. The fraction of sp³-hybridized carbons (Fsp3) is 0.556. The molecule has 1 amide bonds. The number of carbonyl (C=O) groups is 1. The molecule has 1 aromatic rings. The monoisotopic (exact) mass is 351 g/mol. The molecule has 1 aromatic carbocycles. The molecule has 0 aliphatic heterocycles. The highest BCUT2D eigenvalue weighted by Crippen LogP contribution is 2.27. The van der Waals surface area contributed by atoms with Crippen LogP contribution in [0, 0.1) is 16.7 Å². The number of ether oxygens (including phenoxy) is 1. The number of nitriles is 1. The average Bonchev–Trinajstić information content (AvgIpc) is 2.49. The number of nitrogens with one attached hydrogen (secondary N) is 2. The van der Waals surface area contributed by atoms with E-state index in [-0.39, 0.29) is 28.0 Å². The van der Waals surface area contributed by atoms with Gasteiger partial charge in [0.1, 0.15) is 11.8 Å². The van der Waals surface area contributed by atoms with Crippen molar-refractivity contribution in [1.29, 1.82) is 5.26 Å². The van der Waals surface area contributed by atoms with E-state index >= 15 is 0 Å². The quantitative estimate of drug-likeness (QED) is 0.824. The number of rotatable bonds is 6. The van der Waals surface area contributed by atoms with Crippen LogP contribution in [0.3, 0.4) is 0 Å². The summed E-state index contributed by atoms with van der Waals surface area (Å²) >= 11 is 5.99. The zero-order valence-electron chi connectivity index (χ0n) is 15.2. The van der Waals surface area contributed by atoms with Gasteiger partial charge in [-0.2, -0.15) is 5.26 Å². The Kier molecular flexibility index (Phi) is 7.07.